The molecule has 0 aliphatic rings. The van der Waals surface area contributed by atoms with Crippen molar-refractivity contribution in [1.29, 1.82) is 0 Å². The Bertz CT molecular complexity index is 342. The topological polar surface area (TPSA) is 46.5 Å². The number of ether oxygens (including phenoxy) is 1. The second kappa shape index (κ2) is 4.13. The van der Waals surface area contributed by atoms with Gasteiger partial charge in [0.15, 0.2) is 5.78 Å². The SMILES string of the molecule is COc1ccc(C(=O)C(C)C)c(O)c1. The number of hydrogen-bond acceptors (Lipinski definition) is 3. The van der Waals surface area contributed by atoms with Gasteiger partial charge in [-0.1, -0.05) is 13.8 Å². The number of methoxy groups -OCH3 is 1. The fraction of sp³-hybridized carbons (Fsp3) is 0.364. The minimum Gasteiger partial charge on any atom is -0.507 e. The summed E-state index contributed by atoms with van der Waals surface area (Å²) in [5, 5.41) is 9.54. The summed E-state index contributed by atoms with van der Waals surface area (Å²) in [7, 11) is 1.51. The Kier molecular flexibility index (Phi) is 3.12. The molecule has 0 heterocycles. The average molecular weight is 194 g/mol. The van der Waals surface area contributed by atoms with Gasteiger partial charge in [0.1, 0.15) is 11.5 Å². The molecule has 76 valence electrons. The highest BCUT2D eigenvalue weighted by molar-refractivity contribution is 5.99. The molecule has 0 aliphatic heterocycles. The van der Waals surface area contributed by atoms with Crippen molar-refractivity contribution in [1.82, 2.24) is 0 Å². The zero-order valence-electron chi connectivity index (χ0n) is 8.57. The molecule has 3 nitrogen and oxygen atoms in total. The van der Waals surface area contributed by atoms with E-state index in [2.05, 4.69) is 0 Å². The van der Waals surface area contributed by atoms with Crippen molar-refractivity contribution in [2.24, 2.45) is 5.92 Å². The molecule has 1 aromatic rings. The van der Waals surface area contributed by atoms with E-state index in [1.807, 2.05) is 0 Å². The van der Waals surface area contributed by atoms with Crippen LogP contribution in [-0.4, -0.2) is 18.0 Å². The zero-order valence-corrected chi connectivity index (χ0v) is 8.57. The van der Waals surface area contributed by atoms with Gasteiger partial charge in [-0.25, -0.2) is 0 Å². The monoisotopic (exact) mass is 194 g/mol. The highest BCUT2D eigenvalue weighted by atomic mass is 16.5. The van der Waals surface area contributed by atoms with Crippen LogP contribution in [0, 0.1) is 5.92 Å². The molecule has 0 saturated heterocycles. The van der Waals surface area contributed by atoms with E-state index in [0.717, 1.165) is 0 Å². The van der Waals surface area contributed by atoms with Gasteiger partial charge in [-0.3, -0.25) is 4.79 Å². The molecule has 0 aliphatic carbocycles. The number of aromatic hydroxyl groups is 1. The molecular weight excluding hydrogens is 180 g/mol. The van der Waals surface area contributed by atoms with Gasteiger partial charge < -0.3 is 9.84 Å². The van der Waals surface area contributed by atoms with Crippen LogP contribution in [0.4, 0.5) is 0 Å². The Morgan fingerprint density at radius 1 is 1.43 bits per heavy atom. The van der Waals surface area contributed by atoms with E-state index in [1.165, 1.54) is 13.2 Å². The van der Waals surface area contributed by atoms with Crippen molar-refractivity contribution in [2.75, 3.05) is 7.11 Å². The summed E-state index contributed by atoms with van der Waals surface area (Å²) in [5.41, 5.74) is 0.348. The predicted octanol–water partition coefficient (Wildman–Crippen LogP) is 2.24. The summed E-state index contributed by atoms with van der Waals surface area (Å²) in [6.45, 7) is 3.60. The van der Waals surface area contributed by atoms with Gasteiger partial charge in [-0.05, 0) is 12.1 Å². The smallest absolute Gasteiger partial charge is 0.169 e. The highest BCUT2D eigenvalue weighted by Crippen LogP contribution is 2.25. The molecule has 0 aromatic heterocycles. The predicted molar refractivity (Wildman–Crippen MR) is 53.8 cm³/mol. The average Bonchev–Trinajstić information content (AvgIpc) is 2.16. The molecule has 0 amide bonds. The second-order valence-corrected chi connectivity index (χ2v) is 3.40. The third-order valence-corrected chi connectivity index (χ3v) is 1.99. The minimum absolute atomic E-state index is 0.0250. The van der Waals surface area contributed by atoms with Gasteiger partial charge in [0.25, 0.3) is 0 Å². The van der Waals surface area contributed by atoms with Gasteiger partial charge in [0.2, 0.25) is 0 Å². The van der Waals surface area contributed by atoms with E-state index < -0.39 is 0 Å². The third kappa shape index (κ3) is 2.05. The third-order valence-electron chi connectivity index (χ3n) is 1.99. The van der Waals surface area contributed by atoms with Crippen LogP contribution in [0.3, 0.4) is 0 Å². The van der Waals surface area contributed by atoms with Crippen molar-refractivity contribution in [3.63, 3.8) is 0 Å². The first-order chi connectivity index (χ1) is 6.56. The zero-order chi connectivity index (χ0) is 10.7. The molecule has 3 heteroatoms. The lowest BCUT2D eigenvalue weighted by Crippen LogP contribution is -2.07. The quantitative estimate of drug-likeness (QED) is 0.750. The maximum absolute atomic E-state index is 11.6. The van der Waals surface area contributed by atoms with Crippen molar-refractivity contribution in [3.05, 3.63) is 23.8 Å². The summed E-state index contributed by atoms with van der Waals surface area (Å²) in [6.07, 6.45) is 0. The Balaban J connectivity index is 3.06. The van der Waals surface area contributed by atoms with Crippen molar-refractivity contribution in [3.8, 4) is 11.5 Å². The first kappa shape index (κ1) is 10.6. The first-order valence-electron chi connectivity index (χ1n) is 4.47. The van der Waals surface area contributed by atoms with E-state index in [1.54, 1.807) is 26.0 Å². The van der Waals surface area contributed by atoms with Crippen LogP contribution in [0.2, 0.25) is 0 Å². The van der Waals surface area contributed by atoms with Crippen LogP contribution < -0.4 is 4.74 Å². The van der Waals surface area contributed by atoms with Crippen LogP contribution in [0.25, 0.3) is 0 Å². The first-order valence-corrected chi connectivity index (χ1v) is 4.47. The Labute approximate surface area is 83.3 Å². The fourth-order valence-corrected chi connectivity index (χ4v) is 1.16. The van der Waals surface area contributed by atoms with Gasteiger partial charge in [-0.15, -0.1) is 0 Å². The van der Waals surface area contributed by atoms with Gasteiger partial charge >= 0.3 is 0 Å². The highest BCUT2D eigenvalue weighted by Gasteiger charge is 2.14. The second-order valence-electron chi connectivity index (χ2n) is 3.40. The van der Waals surface area contributed by atoms with Crippen LogP contribution >= 0.6 is 0 Å². The molecule has 14 heavy (non-hydrogen) atoms. The lowest BCUT2D eigenvalue weighted by atomic mass is 10.0. The van der Waals surface area contributed by atoms with Gasteiger partial charge in [0, 0.05) is 12.0 Å². The number of phenols is 1. The molecule has 0 spiro atoms. The van der Waals surface area contributed by atoms with E-state index in [9.17, 15) is 9.90 Å². The van der Waals surface area contributed by atoms with E-state index in [4.69, 9.17) is 4.74 Å². The summed E-state index contributed by atoms with van der Waals surface area (Å²) >= 11 is 0. The number of hydrogen-bond donors (Lipinski definition) is 1. The lowest BCUT2D eigenvalue weighted by Gasteiger charge is -2.07. The van der Waals surface area contributed by atoms with Gasteiger partial charge in [-0.2, -0.15) is 0 Å². The summed E-state index contributed by atoms with van der Waals surface area (Å²) < 4.78 is 4.92. The van der Waals surface area contributed by atoms with E-state index >= 15 is 0 Å². The molecule has 0 atom stereocenters. The molecule has 0 bridgehead atoms. The van der Waals surface area contributed by atoms with Crippen LogP contribution in [-0.2, 0) is 0 Å². The number of carbonyl (C=O) groups is 1. The summed E-state index contributed by atoms with van der Waals surface area (Å²) in [5.74, 6) is 0.338. The van der Waals surface area contributed by atoms with E-state index in [-0.39, 0.29) is 17.5 Å². The number of carbonyl (C=O) groups excluding carboxylic acids is 1. The van der Waals surface area contributed by atoms with Crippen molar-refractivity contribution < 1.29 is 14.6 Å². The molecule has 0 unspecified atom stereocenters. The number of rotatable bonds is 3. The number of Topliss-reactive ketones (excluding diaryl/α,β-unsaturated/α-hetero) is 1. The molecular formula is C11H14O3. The molecule has 0 saturated carbocycles. The van der Waals surface area contributed by atoms with Crippen LogP contribution in [0.5, 0.6) is 11.5 Å². The van der Waals surface area contributed by atoms with Gasteiger partial charge in [0.05, 0.1) is 12.7 Å². The van der Waals surface area contributed by atoms with Crippen LogP contribution in [0.1, 0.15) is 24.2 Å². The largest absolute Gasteiger partial charge is 0.507 e. The number of ketones is 1. The fourth-order valence-electron chi connectivity index (χ4n) is 1.16. The molecule has 0 fully saturated rings. The summed E-state index contributed by atoms with van der Waals surface area (Å²) in [4.78, 5) is 11.6. The lowest BCUT2D eigenvalue weighted by molar-refractivity contribution is 0.0936. The Hall–Kier alpha value is -1.51. The number of phenolic OH excluding ortho intramolecular Hbond substituents is 1. The molecule has 0 radical (unpaired) electrons. The summed E-state index contributed by atoms with van der Waals surface area (Å²) in [6, 6.07) is 4.68. The molecule has 1 aromatic carbocycles. The molecule has 1 rings (SSSR count). The number of benzene rings is 1. The standard InChI is InChI=1S/C11H14O3/c1-7(2)11(13)9-5-4-8(14-3)6-10(9)12/h4-7,12H,1-3H3. The normalized spacial score (nSPS) is 10.3. The maximum Gasteiger partial charge on any atom is 0.169 e. The van der Waals surface area contributed by atoms with Crippen molar-refractivity contribution >= 4 is 5.78 Å². The van der Waals surface area contributed by atoms with Crippen molar-refractivity contribution in [2.45, 2.75) is 13.8 Å². The van der Waals surface area contributed by atoms with Crippen LogP contribution in [0.15, 0.2) is 18.2 Å². The Morgan fingerprint density at radius 2 is 2.07 bits per heavy atom. The minimum atomic E-state index is -0.116. The Morgan fingerprint density at radius 3 is 2.50 bits per heavy atom. The maximum atomic E-state index is 11.6. The van der Waals surface area contributed by atoms with E-state index in [0.29, 0.717) is 11.3 Å². The molecule has 1 N–H and O–H groups in total.